The maximum atomic E-state index is 12.7. The lowest BCUT2D eigenvalue weighted by atomic mass is 10.1. The predicted molar refractivity (Wildman–Crippen MR) is 246 cm³/mol. The van der Waals surface area contributed by atoms with Gasteiger partial charge in [-0.05, 0) is 70.6 Å². The molecule has 0 radical (unpaired) electrons. The summed E-state index contributed by atoms with van der Waals surface area (Å²) in [7, 11) is -4.73. The monoisotopic (exact) mass is 893 g/mol. The summed E-state index contributed by atoms with van der Waals surface area (Å²) in [5.74, 6) is -1.31. The lowest BCUT2D eigenvalue weighted by molar-refractivity contribution is -0.161. The number of rotatable bonds is 39. The Labute approximate surface area is 371 Å². The van der Waals surface area contributed by atoms with Gasteiger partial charge in [0.25, 0.3) is 0 Å². The molecule has 0 fully saturated rings. The van der Waals surface area contributed by atoms with Crippen molar-refractivity contribution in [1.29, 1.82) is 0 Å². The molecule has 0 saturated carbocycles. The molecule has 1 unspecified atom stereocenters. The van der Waals surface area contributed by atoms with Gasteiger partial charge in [-0.2, -0.15) is 0 Å². The summed E-state index contributed by atoms with van der Waals surface area (Å²) in [6.45, 7) is 1.70. The molecule has 0 aromatic heterocycles. The van der Waals surface area contributed by atoms with Crippen LogP contribution >= 0.6 is 7.82 Å². The highest BCUT2D eigenvalue weighted by molar-refractivity contribution is 7.47. The molecule has 0 heterocycles. The van der Waals surface area contributed by atoms with Crippen LogP contribution in [0.3, 0.4) is 0 Å². The van der Waals surface area contributed by atoms with Gasteiger partial charge in [0.15, 0.2) is 6.10 Å². The van der Waals surface area contributed by atoms with E-state index in [0.29, 0.717) is 6.42 Å². The van der Waals surface area contributed by atoms with E-state index in [2.05, 4.69) is 79.1 Å². The summed E-state index contributed by atoms with van der Waals surface area (Å²) < 4.78 is 32.4. The van der Waals surface area contributed by atoms with Gasteiger partial charge >= 0.3 is 19.8 Å². The first-order chi connectivity index (χ1) is 29.9. The molecule has 0 aliphatic rings. The summed E-state index contributed by atoms with van der Waals surface area (Å²) in [6.07, 6.45) is 41.3. The van der Waals surface area contributed by atoms with E-state index in [1.807, 2.05) is 0 Å². The normalized spacial score (nSPS) is 16.3. The maximum Gasteiger partial charge on any atom is 0.472 e. The largest absolute Gasteiger partial charge is 0.472 e. The van der Waals surface area contributed by atoms with E-state index in [0.717, 1.165) is 77.0 Å². The lowest BCUT2D eigenvalue weighted by Gasteiger charge is -2.20. The highest BCUT2D eigenvalue weighted by Crippen LogP contribution is 2.43. The topological polar surface area (TPSA) is 210 Å². The fraction of sp³-hybridized carbons (Fsp3) is 0.583. The Morgan fingerprint density at radius 3 is 1.77 bits per heavy atom. The van der Waals surface area contributed by atoms with Gasteiger partial charge in [-0.25, -0.2) is 4.57 Å². The zero-order valence-electron chi connectivity index (χ0n) is 37.1. The van der Waals surface area contributed by atoms with E-state index < -0.39 is 76.7 Å². The molecule has 0 spiro atoms. The Hall–Kier alpha value is -3.49. The van der Waals surface area contributed by atoms with Crippen LogP contribution in [-0.4, -0.2) is 99.3 Å². The number of ether oxygens (including phenoxy) is 2. The van der Waals surface area contributed by atoms with Gasteiger partial charge in [0, 0.05) is 12.8 Å². The Kier molecular flexibility index (Phi) is 39.2. The fourth-order valence-corrected chi connectivity index (χ4v) is 6.01. The number of hydrogen-bond acceptors (Lipinski definition) is 12. The Morgan fingerprint density at radius 2 is 1.16 bits per heavy atom. The number of allylic oxidation sites excluding steroid dienone is 16. The molecule has 0 saturated heterocycles. The lowest BCUT2D eigenvalue weighted by Crippen LogP contribution is -2.30. The Morgan fingerprint density at radius 1 is 0.597 bits per heavy atom. The van der Waals surface area contributed by atoms with Gasteiger partial charge in [-0.3, -0.25) is 18.6 Å². The molecule has 6 atom stereocenters. The van der Waals surface area contributed by atoms with Crippen molar-refractivity contribution >= 4 is 19.8 Å². The van der Waals surface area contributed by atoms with E-state index in [9.17, 15) is 39.5 Å². The summed E-state index contributed by atoms with van der Waals surface area (Å²) in [5, 5.41) is 48.9. The van der Waals surface area contributed by atoms with Crippen LogP contribution in [0.1, 0.15) is 123 Å². The third kappa shape index (κ3) is 39.4. The van der Waals surface area contributed by atoms with Crippen LogP contribution in [0.5, 0.6) is 0 Å². The average molecular weight is 893 g/mol. The van der Waals surface area contributed by atoms with E-state index in [1.165, 1.54) is 6.08 Å². The number of carbonyl (C=O) groups excluding carboxylic acids is 2. The van der Waals surface area contributed by atoms with Crippen LogP contribution in [0.4, 0.5) is 0 Å². The second-order valence-corrected chi connectivity index (χ2v) is 16.0. The molecular weight excluding hydrogens is 815 g/mol. The molecule has 14 heteroatoms. The van der Waals surface area contributed by atoms with Crippen molar-refractivity contribution in [2.24, 2.45) is 0 Å². The number of aliphatic hydroxyl groups excluding tert-OH is 5. The summed E-state index contributed by atoms with van der Waals surface area (Å²) in [4.78, 5) is 35.1. The smallest absolute Gasteiger partial charge is 0.462 e. The number of aliphatic hydroxyl groups is 5. The first-order valence-electron chi connectivity index (χ1n) is 22.2. The van der Waals surface area contributed by atoms with Gasteiger partial charge in [0.1, 0.15) is 12.7 Å². The third-order valence-electron chi connectivity index (χ3n) is 8.78. The van der Waals surface area contributed by atoms with Crippen molar-refractivity contribution in [3.63, 3.8) is 0 Å². The first-order valence-corrected chi connectivity index (χ1v) is 23.7. The van der Waals surface area contributed by atoms with Crippen LogP contribution in [0.2, 0.25) is 0 Å². The molecule has 352 valence electrons. The molecular formula is C48H77O13P. The molecule has 0 aromatic rings. The van der Waals surface area contributed by atoms with Crippen molar-refractivity contribution in [1.82, 2.24) is 0 Å². The van der Waals surface area contributed by atoms with E-state index in [4.69, 9.17) is 19.1 Å². The number of esters is 2. The number of phosphoric ester groups is 1. The fourth-order valence-electron chi connectivity index (χ4n) is 5.22. The molecule has 6 N–H and O–H groups in total. The van der Waals surface area contributed by atoms with Gasteiger partial charge in [-0.15, -0.1) is 0 Å². The minimum Gasteiger partial charge on any atom is -0.462 e. The van der Waals surface area contributed by atoms with Crippen molar-refractivity contribution < 1.29 is 63.1 Å². The number of hydrogen-bond donors (Lipinski definition) is 6. The van der Waals surface area contributed by atoms with Crippen LogP contribution < -0.4 is 0 Å². The van der Waals surface area contributed by atoms with Gasteiger partial charge in [-0.1, -0.05) is 149 Å². The molecule has 0 rings (SSSR count). The van der Waals surface area contributed by atoms with Gasteiger partial charge in [0.05, 0.1) is 38.1 Å². The minimum absolute atomic E-state index is 0.0553. The Balaban J connectivity index is 4.69. The number of unbranched alkanes of at least 4 members (excludes halogenated alkanes) is 5. The number of carbonyl (C=O) groups is 2. The number of phosphoric acid groups is 1. The standard InChI is InChI=1S/C48H77O13P/c1-3-5-7-8-9-10-11-12-13-14-15-16-17-18-19-20-21-26-30-36-47(54)58-40-44(41-60-62(56,57)59-39-43(51)38-49)61-48(55)37-31-35-46(53)45(52)34-29-25-23-22-24-28-33-42(50)32-27-6-4-2/h5,7,9-10,12-13,15-16,18-19,22-25,28-29,33-34,42-46,49-53H,3-4,6,8,11,14,17,20-21,26-27,30-32,35-41H2,1-2H3,(H,56,57)/b7-5-,10-9-,13-12-,16-15-,19-18-,24-22-,25-23+,33-28+,34-29+/t42-,43-,44+,45-,46-/m0/s1. The van der Waals surface area contributed by atoms with Crippen molar-refractivity contribution in [2.75, 3.05) is 26.4 Å². The quantitative estimate of drug-likeness (QED) is 0.0112. The summed E-state index contributed by atoms with van der Waals surface area (Å²) >= 11 is 0. The molecule has 62 heavy (non-hydrogen) atoms. The van der Waals surface area contributed by atoms with Gasteiger partial charge in [0.2, 0.25) is 0 Å². The van der Waals surface area contributed by atoms with Crippen LogP contribution in [0, 0.1) is 0 Å². The third-order valence-corrected chi connectivity index (χ3v) is 9.73. The molecule has 13 nitrogen and oxygen atoms in total. The summed E-state index contributed by atoms with van der Waals surface area (Å²) in [5.41, 5.74) is 0. The maximum absolute atomic E-state index is 12.7. The zero-order valence-corrected chi connectivity index (χ0v) is 38.0. The van der Waals surface area contributed by atoms with E-state index in [-0.39, 0.29) is 25.7 Å². The predicted octanol–water partition coefficient (Wildman–Crippen LogP) is 8.69. The zero-order chi connectivity index (χ0) is 45.9. The van der Waals surface area contributed by atoms with Crippen molar-refractivity contribution in [3.8, 4) is 0 Å². The second kappa shape index (κ2) is 41.5. The van der Waals surface area contributed by atoms with Crippen molar-refractivity contribution in [3.05, 3.63) is 109 Å². The highest BCUT2D eigenvalue weighted by Gasteiger charge is 2.27. The molecule has 0 amide bonds. The SMILES string of the molecule is CC/C=C\C/C=C\C/C=C\C/C=C\C/C=C\CCCCCC(=O)OC[C@H](COP(=O)(O)OC[C@@H](O)CO)OC(=O)CCC[C@H](O)[C@@H](O)/C=C/C=C/C=C\C=C\[C@@H](O)CCCCC. The van der Waals surface area contributed by atoms with E-state index in [1.54, 1.807) is 42.5 Å². The molecule has 0 aliphatic heterocycles. The summed E-state index contributed by atoms with van der Waals surface area (Å²) in [6, 6.07) is 0. The molecule has 0 aromatic carbocycles. The van der Waals surface area contributed by atoms with Crippen molar-refractivity contribution in [2.45, 2.75) is 154 Å². The average Bonchev–Trinajstić information content (AvgIpc) is 3.25. The highest BCUT2D eigenvalue weighted by atomic mass is 31.2. The van der Waals surface area contributed by atoms with Crippen LogP contribution in [0.15, 0.2) is 109 Å². The van der Waals surface area contributed by atoms with E-state index >= 15 is 0 Å². The molecule has 0 bridgehead atoms. The second-order valence-electron chi connectivity index (χ2n) is 14.6. The Bertz CT molecular complexity index is 1450. The van der Waals surface area contributed by atoms with Gasteiger partial charge < -0.3 is 39.9 Å². The molecule has 0 aliphatic carbocycles. The first kappa shape index (κ1) is 58.5. The van der Waals surface area contributed by atoms with Crippen LogP contribution in [-0.2, 0) is 32.7 Å². The minimum atomic E-state index is -4.73. The van der Waals surface area contributed by atoms with Crippen LogP contribution in [0.25, 0.3) is 0 Å².